The molecule has 0 aliphatic rings. The smallest absolute Gasteiger partial charge is 0.262 e. The van der Waals surface area contributed by atoms with Gasteiger partial charge >= 0.3 is 0 Å². The van der Waals surface area contributed by atoms with Gasteiger partial charge < -0.3 is 5.32 Å². The normalized spacial score (nSPS) is 11.6. The maximum atomic E-state index is 12.2. The molecule has 0 unspecified atom stereocenters. The zero-order chi connectivity index (χ0) is 13.7. The maximum absolute atomic E-state index is 12.2. The number of carbonyl (C=O) groups excluding carboxylic acids is 1. The summed E-state index contributed by atoms with van der Waals surface area (Å²) in [7, 11) is 0. The number of amides is 1. The first-order valence-corrected chi connectivity index (χ1v) is 6.93. The third-order valence-corrected chi connectivity index (χ3v) is 3.91. The molecule has 1 atom stereocenters. The fourth-order valence-corrected chi connectivity index (χ4v) is 2.71. The zero-order valence-corrected chi connectivity index (χ0v) is 11.5. The van der Waals surface area contributed by atoms with Gasteiger partial charge in [0, 0.05) is 6.42 Å². The van der Waals surface area contributed by atoms with Gasteiger partial charge in [-0.3, -0.25) is 4.79 Å². The molecule has 3 heteroatoms. The lowest BCUT2D eigenvalue weighted by atomic mass is 10.0. The molecule has 2 rings (SSSR count). The Balaban J connectivity index is 2.17. The van der Waals surface area contributed by atoms with Gasteiger partial charge in [0.15, 0.2) is 0 Å². The summed E-state index contributed by atoms with van der Waals surface area (Å²) in [4.78, 5) is 13.0. The van der Waals surface area contributed by atoms with E-state index in [-0.39, 0.29) is 11.9 Å². The van der Waals surface area contributed by atoms with E-state index in [1.807, 2.05) is 48.7 Å². The molecule has 1 N–H and O–H groups in total. The van der Waals surface area contributed by atoms with Gasteiger partial charge in [-0.1, -0.05) is 30.3 Å². The summed E-state index contributed by atoms with van der Waals surface area (Å²) in [5.41, 5.74) is 2.03. The van der Waals surface area contributed by atoms with Crippen molar-refractivity contribution in [2.75, 3.05) is 0 Å². The number of thiophene rings is 1. The van der Waals surface area contributed by atoms with Crippen molar-refractivity contribution >= 4 is 17.2 Å². The lowest BCUT2D eigenvalue weighted by Crippen LogP contribution is -2.28. The van der Waals surface area contributed by atoms with Gasteiger partial charge in [-0.25, -0.2) is 0 Å². The quantitative estimate of drug-likeness (QED) is 0.845. The topological polar surface area (TPSA) is 29.1 Å². The standard InChI is InChI=1S/C16H15NOS/c1-3-7-14(13-8-5-4-6-9-13)17-16(18)15-12(2)10-11-19-15/h1,4-6,8-11,14H,7H2,2H3,(H,17,18)/t14-/m0/s1. The van der Waals surface area contributed by atoms with Gasteiger partial charge in [-0.15, -0.1) is 23.7 Å². The van der Waals surface area contributed by atoms with Crippen LogP contribution >= 0.6 is 11.3 Å². The summed E-state index contributed by atoms with van der Waals surface area (Å²) in [5, 5.41) is 4.93. The van der Waals surface area contributed by atoms with Crippen LogP contribution in [0.3, 0.4) is 0 Å². The minimum absolute atomic E-state index is 0.0587. The first-order chi connectivity index (χ1) is 9.22. The highest BCUT2D eigenvalue weighted by Gasteiger charge is 2.16. The Kier molecular flexibility index (Phi) is 4.38. The van der Waals surface area contributed by atoms with E-state index in [1.165, 1.54) is 11.3 Å². The monoisotopic (exact) mass is 269 g/mol. The molecule has 0 saturated carbocycles. The summed E-state index contributed by atoms with van der Waals surface area (Å²) in [5.74, 6) is 2.56. The molecule has 0 saturated heterocycles. The van der Waals surface area contributed by atoms with Crippen molar-refractivity contribution in [3.63, 3.8) is 0 Å². The van der Waals surface area contributed by atoms with Crippen LogP contribution in [-0.4, -0.2) is 5.91 Å². The summed E-state index contributed by atoms with van der Waals surface area (Å²) in [6, 6.07) is 11.6. The molecule has 0 aliphatic carbocycles. The number of rotatable bonds is 4. The average Bonchev–Trinajstić information content (AvgIpc) is 2.85. The highest BCUT2D eigenvalue weighted by atomic mass is 32.1. The van der Waals surface area contributed by atoms with Gasteiger partial charge in [0.25, 0.3) is 5.91 Å². The highest BCUT2D eigenvalue weighted by molar-refractivity contribution is 7.12. The van der Waals surface area contributed by atoms with Crippen LogP contribution in [0.4, 0.5) is 0 Å². The lowest BCUT2D eigenvalue weighted by molar-refractivity contribution is 0.0941. The third kappa shape index (κ3) is 3.24. The van der Waals surface area contributed by atoms with Crippen LogP contribution in [0.2, 0.25) is 0 Å². The highest BCUT2D eigenvalue weighted by Crippen LogP contribution is 2.20. The van der Waals surface area contributed by atoms with E-state index >= 15 is 0 Å². The first-order valence-electron chi connectivity index (χ1n) is 6.05. The van der Waals surface area contributed by atoms with Crippen LogP contribution in [0.1, 0.15) is 33.3 Å². The molecule has 96 valence electrons. The molecule has 1 amide bonds. The maximum Gasteiger partial charge on any atom is 0.262 e. The van der Waals surface area contributed by atoms with E-state index in [4.69, 9.17) is 6.42 Å². The Hall–Kier alpha value is -2.05. The zero-order valence-electron chi connectivity index (χ0n) is 10.7. The second-order valence-corrected chi connectivity index (χ2v) is 5.19. The first kappa shape index (κ1) is 13.4. The molecule has 2 nitrogen and oxygen atoms in total. The molecule has 0 spiro atoms. The van der Waals surface area contributed by atoms with E-state index in [0.29, 0.717) is 6.42 Å². The van der Waals surface area contributed by atoms with Gasteiger partial charge in [-0.2, -0.15) is 0 Å². The predicted molar refractivity (Wildman–Crippen MR) is 79.2 cm³/mol. The fraction of sp³-hybridized carbons (Fsp3) is 0.188. The van der Waals surface area contributed by atoms with Crippen molar-refractivity contribution in [3.8, 4) is 12.3 Å². The van der Waals surface area contributed by atoms with Crippen molar-refractivity contribution in [2.24, 2.45) is 0 Å². The minimum atomic E-state index is -0.139. The SMILES string of the molecule is C#CC[C@H](NC(=O)c1sccc1C)c1ccccc1. The van der Waals surface area contributed by atoms with E-state index in [1.54, 1.807) is 0 Å². The van der Waals surface area contributed by atoms with E-state index in [9.17, 15) is 4.79 Å². The second-order valence-electron chi connectivity index (χ2n) is 4.28. The van der Waals surface area contributed by atoms with Crippen LogP contribution in [0.25, 0.3) is 0 Å². The van der Waals surface area contributed by atoms with Gasteiger partial charge in [0.05, 0.1) is 10.9 Å². The number of terminal acetylenes is 1. The number of benzene rings is 1. The molecular formula is C16H15NOS. The van der Waals surface area contributed by atoms with Crippen molar-refractivity contribution in [3.05, 3.63) is 57.8 Å². The van der Waals surface area contributed by atoms with E-state index in [0.717, 1.165) is 16.0 Å². The minimum Gasteiger partial charge on any atom is -0.344 e. The Morgan fingerprint density at radius 2 is 2.11 bits per heavy atom. The number of hydrogen-bond acceptors (Lipinski definition) is 2. The molecule has 19 heavy (non-hydrogen) atoms. The van der Waals surface area contributed by atoms with Crippen LogP contribution in [0.5, 0.6) is 0 Å². The van der Waals surface area contributed by atoms with E-state index < -0.39 is 0 Å². The van der Waals surface area contributed by atoms with Crippen molar-refractivity contribution < 1.29 is 4.79 Å². The van der Waals surface area contributed by atoms with Crippen LogP contribution in [0, 0.1) is 19.3 Å². The van der Waals surface area contributed by atoms with E-state index in [2.05, 4.69) is 11.2 Å². The van der Waals surface area contributed by atoms with Crippen LogP contribution in [-0.2, 0) is 0 Å². The molecule has 1 aromatic heterocycles. The molecule has 0 fully saturated rings. The molecule has 1 heterocycles. The average molecular weight is 269 g/mol. The third-order valence-electron chi connectivity index (χ3n) is 2.90. The van der Waals surface area contributed by atoms with Crippen LogP contribution < -0.4 is 5.32 Å². The molecule has 2 aromatic rings. The number of hydrogen-bond donors (Lipinski definition) is 1. The summed E-state index contributed by atoms with van der Waals surface area (Å²) in [6.07, 6.45) is 5.88. The molecule has 0 radical (unpaired) electrons. The van der Waals surface area contributed by atoms with Gasteiger partial charge in [-0.05, 0) is 29.5 Å². The lowest BCUT2D eigenvalue weighted by Gasteiger charge is -2.16. The summed E-state index contributed by atoms with van der Waals surface area (Å²) >= 11 is 1.45. The van der Waals surface area contributed by atoms with Gasteiger partial charge in [0.2, 0.25) is 0 Å². The Labute approximate surface area is 117 Å². The van der Waals surface area contributed by atoms with Crippen molar-refractivity contribution in [1.29, 1.82) is 0 Å². The second kappa shape index (κ2) is 6.21. The van der Waals surface area contributed by atoms with Crippen molar-refractivity contribution in [1.82, 2.24) is 5.32 Å². The molecular weight excluding hydrogens is 254 g/mol. The Morgan fingerprint density at radius 3 is 2.68 bits per heavy atom. The molecule has 1 aromatic carbocycles. The van der Waals surface area contributed by atoms with Crippen molar-refractivity contribution in [2.45, 2.75) is 19.4 Å². The Morgan fingerprint density at radius 1 is 1.37 bits per heavy atom. The fourth-order valence-electron chi connectivity index (χ4n) is 1.88. The number of nitrogens with one attached hydrogen (secondary N) is 1. The summed E-state index contributed by atoms with van der Waals surface area (Å²) in [6.45, 7) is 1.93. The van der Waals surface area contributed by atoms with Gasteiger partial charge in [0.1, 0.15) is 0 Å². The largest absolute Gasteiger partial charge is 0.344 e. The molecule has 0 bridgehead atoms. The Bertz CT molecular complexity index is 595. The van der Waals surface area contributed by atoms with Crippen LogP contribution in [0.15, 0.2) is 41.8 Å². The number of aryl methyl sites for hydroxylation is 1. The summed E-state index contributed by atoms with van der Waals surface area (Å²) < 4.78 is 0. The predicted octanol–water partition coefficient (Wildman–Crippen LogP) is 3.55. The number of carbonyl (C=O) groups is 1. The molecule has 0 aliphatic heterocycles.